The highest BCUT2D eigenvalue weighted by molar-refractivity contribution is 6.03. The van der Waals surface area contributed by atoms with E-state index in [9.17, 15) is 9.59 Å². The summed E-state index contributed by atoms with van der Waals surface area (Å²) in [7, 11) is 0. The molecular weight excluding hydrogens is 376 g/mol. The Morgan fingerprint density at radius 1 is 1.13 bits per heavy atom. The zero-order valence-corrected chi connectivity index (χ0v) is 17.3. The minimum atomic E-state index is -0.0949. The third-order valence-corrected chi connectivity index (χ3v) is 6.92. The van der Waals surface area contributed by atoms with Gasteiger partial charge in [0.2, 0.25) is 5.91 Å². The molecule has 2 aliphatic heterocycles. The van der Waals surface area contributed by atoms with Crippen molar-refractivity contribution in [3.63, 3.8) is 0 Å². The Balaban J connectivity index is 1.33. The molecule has 3 atom stereocenters. The van der Waals surface area contributed by atoms with Crippen molar-refractivity contribution in [2.45, 2.75) is 45.1 Å². The smallest absolute Gasteiger partial charge is 0.308 e. The van der Waals surface area contributed by atoms with Crippen molar-refractivity contribution in [2.24, 2.45) is 11.8 Å². The molecule has 1 saturated carbocycles. The highest BCUT2D eigenvalue weighted by Crippen LogP contribution is 2.41. The van der Waals surface area contributed by atoms with Gasteiger partial charge in [-0.3, -0.25) is 15.1 Å². The molecule has 2 aromatic carbocycles. The zero-order valence-electron chi connectivity index (χ0n) is 17.3. The van der Waals surface area contributed by atoms with Gasteiger partial charge in [-0.15, -0.1) is 0 Å². The highest BCUT2D eigenvalue weighted by atomic mass is 16.2. The summed E-state index contributed by atoms with van der Waals surface area (Å²) in [5.74, 6) is 0.551. The van der Waals surface area contributed by atoms with E-state index < -0.39 is 0 Å². The minimum absolute atomic E-state index is 0.0949. The Morgan fingerprint density at radius 3 is 2.83 bits per heavy atom. The van der Waals surface area contributed by atoms with Crippen LogP contribution in [0, 0.1) is 18.8 Å². The number of benzene rings is 2. The number of carbonyl (C=O) groups excluding carboxylic acids is 2. The van der Waals surface area contributed by atoms with E-state index in [2.05, 4.69) is 35.2 Å². The molecule has 2 fully saturated rings. The standard InChI is InChI=1S/C24H28N4O2/c1-15-14-17(25-24(30)28-13-12-16-6-2-5-9-21(16)28)10-11-18(15)22-19-7-3-4-8-20(19)23(29)27-26-22/h2,5-6,9-11,14,19-20,22,26H,3-4,7-8,12-13H2,1H3,(H,25,30)(H,27,29). The summed E-state index contributed by atoms with van der Waals surface area (Å²) in [6, 6.07) is 14.2. The maximum atomic E-state index is 12.9. The van der Waals surface area contributed by atoms with Gasteiger partial charge in [-0.2, -0.15) is 0 Å². The molecule has 3 N–H and O–H groups in total. The summed E-state index contributed by atoms with van der Waals surface area (Å²) >= 11 is 0. The van der Waals surface area contributed by atoms with Crippen LogP contribution in [0.2, 0.25) is 0 Å². The lowest BCUT2D eigenvalue weighted by Crippen LogP contribution is -2.55. The Bertz CT molecular complexity index is 989. The van der Waals surface area contributed by atoms with E-state index in [4.69, 9.17) is 0 Å². The predicted octanol–water partition coefficient (Wildman–Crippen LogP) is 4.07. The number of hydrogen-bond acceptors (Lipinski definition) is 3. The fourth-order valence-corrected chi connectivity index (χ4v) is 5.38. The maximum Gasteiger partial charge on any atom is 0.326 e. The number of hydrazine groups is 1. The van der Waals surface area contributed by atoms with Gasteiger partial charge >= 0.3 is 6.03 Å². The summed E-state index contributed by atoms with van der Waals surface area (Å²) in [6.45, 7) is 2.78. The minimum Gasteiger partial charge on any atom is -0.308 e. The van der Waals surface area contributed by atoms with Crippen LogP contribution < -0.4 is 21.1 Å². The van der Waals surface area contributed by atoms with Crippen molar-refractivity contribution in [1.29, 1.82) is 0 Å². The molecule has 156 valence electrons. The molecule has 0 bridgehead atoms. The van der Waals surface area contributed by atoms with Gasteiger partial charge in [-0.05, 0) is 67.0 Å². The molecule has 3 amide bonds. The number of carbonyl (C=O) groups is 2. The van der Waals surface area contributed by atoms with Gasteiger partial charge in [0, 0.05) is 23.8 Å². The Morgan fingerprint density at radius 2 is 1.97 bits per heavy atom. The quantitative estimate of drug-likeness (QED) is 0.706. The van der Waals surface area contributed by atoms with E-state index in [1.807, 2.05) is 35.2 Å². The van der Waals surface area contributed by atoms with Gasteiger partial charge in [0.15, 0.2) is 0 Å². The first-order valence-corrected chi connectivity index (χ1v) is 10.9. The van der Waals surface area contributed by atoms with Crippen molar-refractivity contribution in [3.8, 4) is 0 Å². The van der Waals surface area contributed by atoms with Crippen LogP contribution >= 0.6 is 0 Å². The molecular formula is C24H28N4O2. The van der Waals surface area contributed by atoms with Gasteiger partial charge in [0.25, 0.3) is 0 Å². The lowest BCUT2D eigenvalue weighted by molar-refractivity contribution is -0.133. The number of hydrogen-bond donors (Lipinski definition) is 3. The van der Waals surface area contributed by atoms with Gasteiger partial charge < -0.3 is 5.32 Å². The van der Waals surface area contributed by atoms with E-state index in [0.717, 1.165) is 42.6 Å². The van der Waals surface area contributed by atoms with Gasteiger partial charge in [0.1, 0.15) is 0 Å². The number of nitrogens with zero attached hydrogens (tertiary/aromatic N) is 1. The molecule has 1 aliphatic carbocycles. The van der Waals surface area contributed by atoms with Crippen LogP contribution in [0.25, 0.3) is 0 Å². The molecule has 0 aromatic heterocycles. The third kappa shape index (κ3) is 3.35. The van der Waals surface area contributed by atoms with Crippen LogP contribution in [0.1, 0.15) is 48.4 Å². The van der Waals surface area contributed by atoms with Crippen LogP contribution in [0.5, 0.6) is 0 Å². The second-order valence-electron chi connectivity index (χ2n) is 8.70. The zero-order chi connectivity index (χ0) is 20.7. The van der Waals surface area contributed by atoms with E-state index in [1.165, 1.54) is 17.5 Å². The molecule has 2 aromatic rings. The summed E-state index contributed by atoms with van der Waals surface area (Å²) < 4.78 is 0. The average molecular weight is 405 g/mol. The number of para-hydroxylation sites is 1. The molecule has 0 spiro atoms. The molecule has 30 heavy (non-hydrogen) atoms. The number of urea groups is 1. The van der Waals surface area contributed by atoms with Gasteiger partial charge in [0.05, 0.1) is 6.04 Å². The Hall–Kier alpha value is -2.86. The fourth-order valence-electron chi connectivity index (χ4n) is 5.38. The number of aryl methyl sites for hydroxylation is 1. The second-order valence-corrected chi connectivity index (χ2v) is 8.70. The number of fused-ring (bicyclic) bond motifs is 2. The summed E-state index contributed by atoms with van der Waals surface area (Å²) in [6.07, 6.45) is 5.24. The number of amides is 3. The first-order chi connectivity index (χ1) is 14.6. The molecule has 6 nitrogen and oxygen atoms in total. The lowest BCUT2D eigenvalue weighted by Gasteiger charge is -2.41. The number of anilines is 2. The topological polar surface area (TPSA) is 73.5 Å². The first-order valence-electron chi connectivity index (χ1n) is 10.9. The molecule has 1 saturated heterocycles. The Kier molecular flexibility index (Phi) is 4.95. The first kappa shape index (κ1) is 19.1. The average Bonchev–Trinajstić information content (AvgIpc) is 3.19. The van der Waals surface area contributed by atoms with E-state index in [1.54, 1.807) is 0 Å². The van der Waals surface area contributed by atoms with Gasteiger partial charge in [-0.1, -0.05) is 37.1 Å². The monoisotopic (exact) mass is 404 g/mol. The van der Waals surface area contributed by atoms with E-state index in [-0.39, 0.29) is 23.9 Å². The third-order valence-electron chi connectivity index (χ3n) is 6.92. The van der Waals surface area contributed by atoms with Crippen molar-refractivity contribution >= 4 is 23.3 Å². The maximum absolute atomic E-state index is 12.9. The van der Waals surface area contributed by atoms with Crippen molar-refractivity contribution in [1.82, 2.24) is 10.9 Å². The lowest BCUT2D eigenvalue weighted by atomic mass is 9.71. The fraction of sp³-hybridized carbons (Fsp3) is 0.417. The normalized spacial score (nSPS) is 25.3. The number of nitrogens with one attached hydrogen (secondary N) is 3. The van der Waals surface area contributed by atoms with Crippen LogP contribution in [-0.2, 0) is 11.2 Å². The van der Waals surface area contributed by atoms with E-state index >= 15 is 0 Å². The predicted molar refractivity (Wildman–Crippen MR) is 117 cm³/mol. The van der Waals surface area contributed by atoms with Crippen molar-refractivity contribution in [2.75, 3.05) is 16.8 Å². The largest absolute Gasteiger partial charge is 0.326 e. The molecule has 6 heteroatoms. The summed E-state index contributed by atoms with van der Waals surface area (Å²) in [5.41, 5.74) is 11.4. The molecule has 5 rings (SSSR count). The summed E-state index contributed by atoms with van der Waals surface area (Å²) in [5, 5.41) is 3.06. The number of rotatable bonds is 2. The Labute approximate surface area is 177 Å². The molecule has 0 radical (unpaired) electrons. The second kappa shape index (κ2) is 7.76. The van der Waals surface area contributed by atoms with Crippen molar-refractivity contribution < 1.29 is 9.59 Å². The van der Waals surface area contributed by atoms with Gasteiger partial charge in [-0.25, -0.2) is 10.2 Å². The van der Waals surface area contributed by atoms with Crippen LogP contribution in [-0.4, -0.2) is 18.5 Å². The molecule has 3 unspecified atom stereocenters. The van der Waals surface area contributed by atoms with Crippen LogP contribution in [0.4, 0.5) is 16.2 Å². The van der Waals surface area contributed by atoms with E-state index in [0.29, 0.717) is 12.5 Å². The SMILES string of the molecule is Cc1cc(NC(=O)N2CCc3ccccc32)ccc1C1NNC(=O)C2CCCCC21. The summed E-state index contributed by atoms with van der Waals surface area (Å²) in [4.78, 5) is 26.9. The molecule has 2 heterocycles. The van der Waals surface area contributed by atoms with Crippen molar-refractivity contribution in [3.05, 3.63) is 59.2 Å². The van der Waals surface area contributed by atoms with Crippen LogP contribution in [0.3, 0.4) is 0 Å². The van der Waals surface area contributed by atoms with Crippen LogP contribution in [0.15, 0.2) is 42.5 Å². The highest BCUT2D eigenvalue weighted by Gasteiger charge is 2.41. The molecule has 3 aliphatic rings.